The maximum Gasteiger partial charge on any atom is 0.0787 e. The molecule has 0 saturated carbocycles. The van der Waals surface area contributed by atoms with Crippen molar-refractivity contribution >= 4 is 11.6 Å². The molecule has 0 aliphatic rings. The van der Waals surface area contributed by atoms with Gasteiger partial charge in [0, 0.05) is 5.88 Å². The highest BCUT2D eigenvalue weighted by atomic mass is 35.5. The number of hydrogen-bond acceptors (Lipinski definition) is 0. The Kier molecular flexibility index (Phi) is 23.1. The highest BCUT2D eigenvalue weighted by molar-refractivity contribution is 6.17. The van der Waals surface area contributed by atoms with Crippen molar-refractivity contribution in [2.45, 2.75) is 111 Å². The zero-order valence-corrected chi connectivity index (χ0v) is 19.2. The highest BCUT2D eigenvalue weighted by Crippen LogP contribution is 2.19. The van der Waals surface area contributed by atoms with Crippen LogP contribution in [0.25, 0.3) is 0 Å². The molecule has 0 spiro atoms. The number of alkyl halides is 1. The summed E-state index contributed by atoms with van der Waals surface area (Å²) in [5.41, 5.74) is 0. The van der Waals surface area contributed by atoms with Crippen molar-refractivity contribution in [3.05, 3.63) is 0 Å². The van der Waals surface area contributed by atoms with E-state index in [0.29, 0.717) is 0 Å². The van der Waals surface area contributed by atoms with Gasteiger partial charge < -0.3 is 16.9 Å². The Bertz CT molecular complexity index is 215. The number of rotatable bonds is 19. The molecule has 1 nitrogen and oxygen atoms in total. The van der Waals surface area contributed by atoms with Crippen molar-refractivity contribution < 1.29 is 16.9 Å². The minimum Gasteiger partial charge on any atom is -1.00 e. The van der Waals surface area contributed by atoms with Crippen molar-refractivity contribution in [1.29, 1.82) is 0 Å². The Morgan fingerprint density at radius 1 is 0.480 bits per heavy atom. The van der Waals surface area contributed by atoms with Gasteiger partial charge in [-0.1, -0.05) is 59.3 Å². The Balaban J connectivity index is 0. The first kappa shape index (κ1) is 27.8. The molecule has 0 unspecified atom stereocenters. The first-order valence-electron chi connectivity index (χ1n) is 11.2. The topological polar surface area (TPSA) is 0 Å². The average Bonchev–Trinajstić information content (AvgIpc) is 2.60. The van der Waals surface area contributed by atoms with Gasteiger partial charge in [0.05, 0.1) is 26.2 Å². The second-order valence-corrected chi connectivity index (χ2v) is 8.19. The molecule has 0 aromatic rings. The van der Waals surface area contributed by atoms with Gasteiger partial charge in [-0.05, 0) is 51.4 Å². The third-order valence-electron chi connectivity index (χ3n) is 5.47. The molecule has 0 aliphatic carbocycles. The largest absolute Gasteiger partial charge is 1.00 e. The lowest BCUT2D eigenvalue weighted by Crippen LogP contribution is -3.00. The molecule has 0 radical (unpaired) electrons. The molecule has 154 valence electrons. The minimum absolute atomic E-state index is 0. The molecule has 0 heterocycles. The zero-order valence-electron chi connectivity index (χ0n) is 17.6. The van der Waals surface area contributed by atoms with Crippen LogP contribution in [0.2, 0.25) is 0 Å². The van der Waals surface area contributed by atoms with E-state index >= 15 is 0 Å². The van der Waals surface area contributed by atoms with E-state index in [1.165, 1.54) is 121 Å². The normalized spacial score (nSPS) is 11.5. The second-order valence-electron chi connectivity index (χ2n) is 7.81. The maximum absolute atomic E-state index is 5.96. The first-order chi connectivity index (χ1) is 11.7. The van der Waals surface area contributed by atoms with Gasteiger partial charge in [-0.3, -0.25) is 0 Å². The van der Waals surface area contributed by atoms with E-state index < -0.39 is 0 Å². The van der Waals surface area contributed by atoms with Crippen LogP contribution in [-0.2, 0) is 0 Å². The molecule has 0 aromatic heterocycles. The van der Waals surface area contributed by atoms with Gasteiger partial charge in [-0.25, -0.2) is 0 Å². The number of quaternary nitrogens is 1. The van der Waals surface area contributed by atoms with E-state index in [0.717, 1.165) is 5.88 Å². The van der Waals surface area contributed by atoms with E-state index in [-0.39, 0.29) is 12.4 Å². The van der Waals surface area contributed by atoms with Crippen molar-refractivity contribution in [1.82, 2.24) is 0 Å². The fourth-order valence-corrected chi connectivity index (χ4v) is 4.02. The smallest absolute Gasteiger partial charge is 0.0787 e. The van der Waals surface area contributed by atoms with Crippen molar-refractivity contribution in [3.8, 4) is 0 Å². The van der Waals surface area contributed by atoms with E-state index in [2.05, 4.69) is 20.8 Å². The molecular weight excluding hydrogens is 349 g/mol. The molecule has 0 amide bonds. The Hall–Kier alpha value is 0.540. The molecule has 0 saturated heterocycles. The molecule has 0 bridgehead atoms. The number of halogens is 2. The van der Waals surface area contributed by atoms with Crippen molar-refractivity contribution in [2.24, 2.45) is 0 Å². The minimum atomic E-state index is 0. The van der Waals surface area contributed by atoms with Crippen molar-refractivity contribution in [2.75, 3.05) is 32.1 Å². The van der Waals surface area contributed by atoms with Gasteiger partial charge >= 0.3 is 0 Å². The van der Waals surface area contributed by atoms with Crippen LogP contribution in [0.4, 0.5) is 0 Å². The van der Waals surface area contributed by atoms with Gasteiger partial charge in [0.25, 0.3) is 0 Å². The molecular formula is C22H47Cl2N. The Morgan fingerprint density at radius 2 is 0.800 bits per heavy atom. The van der Waals surface area contributed by atoms with Crippen LogP contribution in [0.3, 0.4) is 0 Å². The van der Waals surface area contributed by atoms with Crippen LogP contribution in [0, 0.1) is 0 Å². The molecule has 0 atom stereocenters. The van der Waals surface area contributed by atoms with E-state index in [1.807, 2.05) is 0 Å². The lowest BCUT2D eigenvalue weighted by atomic mass is 10.1. The van der Waals surface area contributed by atoms with Crippen LogP contribution in [0.1, 0.15) is 111 Å². The maximum atomic E-state index is 5.96. The first-order valence-corrected chi connectivity index (χ1v) is 11.7. The molecule has 3 heteroatoms. The summed E-state index contributed by atoms with van der Waals surface area (Å²) >= 11 is 5.96. The predicted molar refractivity (Wildman–Crippen MR) is 112 cm³/mol. The summed E-state index contributed by atoms with van der Waals surface area (Å²) in [7, 11) is 0. The average molecular weight is 397 g/mol. The van der Waals surface area contributed by atoms with Crippen LogP contribution in [0.15, 0.2) is 0 Å². The second kappa shape index (κ2) is 20.8. The number of unbranched alkanes of at least 4 members (excludes halogenated alkanes) is 10. The van der Waals surface area contributed by atoms with Crippen LogP contribution >= 0.6 is 11.6 Å². The third-order valence-corrected chi connectivity index (χ3v) is 5.74. The molecule has 0 N–H and O–H groups in total. The Labute approximate surface area is 171 Å². The predicted octanol–water partition coefficient (Wildman–Crippen LogP) is 4.57. The fourth-order valence-electron chi connectivity index (χ4n) is 3.83. The standard InChI is InChI=1S/C22H47ClN.ClH/c1-4-7-10-14-19-24(22-17-13-18-23,20-15-11-8-5-2)21-16-12-9-6-3;/h4-22H2,1-3H3;1H/q+1;/p-1. The van der Waals surface area contributed by atoms with Gasteiger partial charge in [0.15, 0.2) is 0 Å². The van der Waals surface area contributed by atoms with E-state index in [1.54, 1.807) is 0 Å². The van der Waals surface area contributed by atoms with Gasteiger partial charge in [0.1, 0.15) is 0 Å². The number of nitrogens with zero attached hydrogens (tertiary/aromatic N) is 1. The summed E-state index contributed by atoms with van der Waals surface area (Å²) in [6.07, 6.45) is 19.3. The van der Waals surface area contributed by atoms with Gasteiger partial charge in [0.2, 0.25) is 0 Å². The molecule has 0 aromatic carbocycles. The van der Waals surface area contributed by atoms with Crippen molar-refractivity contribution in [3.63, 3.8) is 0 Å². The molecule has 25 heavy (non-hydrogen) atoms. The molecule has 0 rings (SSSR count). The summed E-state index contributed by atoms with van der Waals surface area (Å²) in [6, 6.07) is 0. The summed E-state index contributed by atoms with van der Waals surface area (Å²) < 4.78 is 1.40. The van der Waals surface area contributed by atoms with E-state index in [4.69, 9.17) is 11.6 Å². The molecule has 0 fully saturated rings. The SMILES string of the molecule is CCCCCC[N+](CCCCCl)(CCCCCC)CCCCCC.[Cl-]. The van der Waals surface area contributed by atoms with Crippen LogP contribution in [0.5, 0.6) is 0 Å². The third kappa shape index (κ3) is 16.4. The Morgan fingerprint density at radius 3 is 1.08 bits per heavy atom. The summed E-state index contributed by atoms with van der Waals surface area (Å²) in [5.74, 6) is 0.835. The summed E-state index contributed by atoms with van der Waals surface area (Å²) in [6.45, 7) is 12.6. The van der Waals surface area contributed by atoms with Crippen LogP contribution < -0.4 is 12.4 Å². The summed E-state index contributed by atoms with van der Waals surface area (Å²) in [5, 5.41) is 0. The quantitative estimate of drug-likeness (QED) is 0.170. The molecule has 0 aliphatic heterocycles. The summed E-state index contributed by atoms with van der Waals surface area (Å²) in [4.78, 5) is 0. The lowest BCUT2D eigenvalue weighted by Gasteiger charge is -2.39. The van der Waals surface area contributed by atoms with Crippen LogP contribution in [-0.4, -0.2) is 36.5 Å². The lowest BCUT2D eigenvalue weighted by molar-refractivity contribution is -0.929. The van der Waals surface area contributed by atoms with Gasteiger partial charge in [-0.15, -0.1) is 11.6 Å². The fraction of sp³-hybridized carbons (Fsp3) is 1.00. The monoisotopic (exact) mass is 395 g/mol. The highest BCUT2D eigenvalue weighted by Gasteiger charge is 2.25. The van der Waals surface area contributed by atoms with E-state index in [9.17, 15) is 0 Å². The zero-order chi connectivity index (χ0) is 17.9. The number of hydrogen-bond donors (Lipinski definition) is 0. The van der Waals surface area contributed by atoms with Gasteiger partial charge in [-0.2, -0.15) is 0 Å².